The van der Waals surface area contributed by atoms with Crippen LogP contribution in [0, 0.1) is 0 Å². The number of aliphatic hydroxyl groups excluding tert-OH is 1. The van der Waals surface area contributed by atoms with Crippen molar-refractivity contribution in [3.63, 3.8) is 0 Å². The van der Waals surface area contributed by atoms with Crippen molar-refractivity contribution in [3.05, 3.63) is 23.8 Å². The number of hydrazone groups is 1. The smallest absolute Gasteiger partial charge is 0.394 e. The Morgan fingerprint density at radius 2 is 1.91 bits per heavy atom. The highest BCUT2D eigenvalue weighted by molar-refractivity contribution is 6.28. The summed E-state index contributed by atoms with van der Waals surface area (Å²) >= 11 is 5.62. The molecule has 1 aromatic carbocycles. The number of likely N-dealkylation sites (N-methyl/N-ethyl adjacent to an activating group) is 3. The number of hydrogen-bond acceptors (Lipinski definition) is 6. The highest BCUT2D eigenvalue weighted by atomic mass is 35.5. The van der Waals surface area contributed by atoms with E-state index in [0.29, 0.717) is 13.1 Å². The number of alkyl halides is 4. The van der Waals surface area contributed by atoms with Gasteiger partial charge in [-0.1, -0.05) is 13.0 Å². The van der Waals surface area contributed by atoms with Gasteiger partial charge in [0, 0.05) is 38.4 Å². The molecule has 0 radical (unpaired) electrons. The standard InChI is InChI=1S/C23H36ClF3N4O3/c1-6-17-9-10-19(11-21(17)34-5)30(7-2)14-20(16-32)29(4)22(33)15-31(8-3)28-18(13-24)12-23(25,26)27/h9-11,20,32H,6-8,12-16H2,1-5H3/b28-18-. The molecule has 1 aromatic rings. The molecule has 0 bridgehead atoms. The predicted octanol–water partition coefficient (Wildman–Crippen LogP) is 3.77. The monoisotopic (exact) mass is 508 g/mol. The molecule has 1 atom stereocenters. The average Bonchev–Trinajstić information content (AvgIpc) is 2.81. The summed E-state index contributed by atoms with van der Waals surface area (Å²) in [5.41, 5.74) is 1.72. The zero-order valence-corrected chi connectivity index (χ0v) is 21.3. The van der Waals surface area contributed by atoms with Crippen LogP contribution in [0.3, 0.4) is 0 Å². The van der Waals surface area contributed by atoms with E-state index in [1.54, 1.807) is 21.1 Å². The molecule has 0 fully saturated rings. The zero-order chi connectivity index (χ0) is 25.9. The van der Waals surface area contributed by atoms with Crippen LogP contribution in [0.5, 0.6) is 5.75 Å². The molecule has 7 nitrogen and oxygen atoms in total. The number of halogens is 4. The zero-order valence-electron chi connectivity index (χ0n) is 20.5. The van der Waals surface area contributed by atoms with E-state index in [9.17, 15) is 23.1 Å². The third-order valence-electron chi connectivity index (χ3n) is 5.51. The summed E-state index contributed by atoms with van der Waals surface area (Å²) in [4.78, 5) is 16.3. The van der Waals surface area contributed by atoms with Gasteiger partial charge in [-0.05, 0) is 31.9 Å². The molecule has 0 aromatic heterocycles. The summed E-state index contributed by atoms with van der Waals surface area (Å²) in [5.74, 6) is 0.0137. The van der Waals surface area contributed by atoms with Crippen LogP contribution < -0.4 is 9.64 Å². The number of aliphatic hydroxyl groups is 1. The number of hydrogen-bond donors (Lipinski definition) is 1. The molecule has 1 amide bonds. The van der Waals surface area contributed by atoms with Crippen LogP contribution in [0.15, 0.2) is 23.3 Å². The third kappa shape index (κ3) is 9.21. The molecule has 0 heterocycles. The fraction of sp³-hybridized carbons (Fsp3) is 0.652. The number of anilines is 1. The topological polar surface area (TPSA) is 68.6 Å². The van der Waals surface area contributed by atoms with Crippen LogP contribution in [-0.4, -0.2) is 91.7 Å². The Bertz CT molecular complexity index is 808. The second-order valence-electron chi connectivity index (χ2n) is 7.80. The second kappa shape index (κ2) is 14.3. The molecular weight excluding hydrogens is 473 g/mol. The molecule has 1 rings (SSSR count). The van der Waals surface area contributed by atoms with Gasteiger partial charge in [-0.3, -0.25) is 9.80 Å². The van der Waals surface area contributed by atoms with E-state index in [4.69, 9.17) is 16.3 Å². The number of rotatable bonds is 14. The van der Waals surface area contributed by atoms with E-state index in [1.807, 2.05) is 36.9 Å². The number of aryl methyl sites for hydroxylation is 1. The molecule has 0 saturated heterocycles. The van der Waals surface area contributed by atoms with Crippen molar-refractivity contribution in [2.45, 2.75) is 45.8 Å². The summed E-state index contributed by atoms with van der Waals surface area (Å²) in [6.07, 6.45) is -4.84. The fourth-order valence-corrected chi connectivity index (χ4v) is 3.57. The third-order valence-corrected chi connectivity index (χ3v) is 5.81. The van der Waals surface area contributed by atoms with Gasteiger partial charge in [-0.15, -0.1) is 11.6 Å². The SMILES string of the molecule is CCc1ccc(N(CC)CC(CO)N(C)C(=O)CN(CC)/N=C(\CCl)CC(F)(F)F)cc1OC. The van der Waals surface area contributed by atoms with Crippen LogP contribution in [0.25, 0.3) is 0 Å². The van der Waals surface area contributed by atoms with Gasteiger partial charge in [0.2, 0.25) is 5.91 Å². The lowest BCUT2D eigenvalue weighted by atomic mass is 10.1. The first-order chi connectivity index (χ1) is 16.0. The van der Waals surface area contributed by atoms with E-state index in [-0.39, 0.29) is 37.2 Å². The molecule has 0 aliphatic carbocycles. The molecule has 1 unspecified atom stereocenters. The summed E-state index contributed by atoms with van der Waals surface area (Å²) in [6, 6.07) is 5.37. The van der Waals surface area contributed by atoms with Crippen LogP contribution in [0.1, 0.15) is 32.8 Å². The molecule has 0 aliphatic heterocycles. The predicted molar refractivity (Wildman–Crippen MR) is 130 cm³/mol. The molecule has 0 spiro atoms. The van der Waals surface area contributed by atoms with E-state index in [0.717, 1.165) is 23.4 Å². The van der Waals surface area contributed by atoms with E-state index < -0.39 is 18.6 Å². The van der Waals surface area contributed by atoms with Crippen LogP contribution in [0.4, 0.5) is 18.9 Å². The molecule has 11 heteroatoms. The Balaban J connectivity index is 2.95. The highest BCUT2D eigenvalue weighted by Gasteiger charge is 2.30. The minimum atomic E-state index is -4.43. The summed E-state index contributed by atoms with van der Waals surface area (Å²) in [7, 11) is 3.18. The molecule has 1 N–H and O–H groups in total. The Morgan fingerprint density at radius 3 is 2.38 bits per heavy atom. The summed E-state index contributed by atoms with van der Waals surface area (Å²) in [6.45, 7) is 6.42. The van der Waals surface area contributed by atoms with Crippen molar-refractivity contribution < 1.29 is 27.8 Å². The second-order valence-corrected chi connectivity index (χ2v) is 8.07. The normalized spacial score (nSPS) is 12.9. The summed E-state index contributed by atoms with van der Waals surface area (Å²) < 4.78 is 43.6. The first kappa shape index (κ1) is 29.8. The number of nitrogens with zero attached hydrogens (tertiary/aromatic N) is 4. The molecule has 194 valence electrons. The lowest BCUT2D eigenvalue weighted by Crippen LogP contribution is -2.49. The number of amides is 1. The molecule has 34 heavy (non-hydrogen) atoms. The lowest BCUT2D eigenvalue weighted by molar-refractivity contribution is -0.133. The van der Waals surface area contributed by atoms with Gasteiger partial charge in [-0.2, -0.15) is 18.3 Å². The van der Waals surface area contributed by atoms with Gasteiger partial charge in [0.15, 0.2) is 0 Å². The number of benzene rings is 1. The van der Waals surface area contributed by atoms with Crippen molar-refractivity contribution in [1.82, 2.24) is 9.91 Å². The maximum absolute atomic E-state index is 12.9. The fourth-order valence-electron chi connectivity index (χ4n) is 3.43. The minimum Gasteiger partial charge on any atom is -0.496 e. The van der Waals surface area contributed by atoms with Gasteiger partial charge in [0.1, 0.15) is 12.3 Å². The average molecular weight is 509 g/mol. The number of carbonyl (C=O) groups excluding carboxylic acids is 1. The van der Waals surface area contributed by atoms with Gasteiger partial charge < -0.3 is 19.6 Å². The Hall–Kier alpha value is -2.20. The highest BCUT2D eigenvalue weighted by Crippen LogP contribution is 2.26. The Morgan fingerprint density at radius 1 is 1.24 bits per heavy atom. The van der Waals surface area contributed by atoms with E-state index in [2.05, 4.69) is 5.10 Å². The quantitative estimate of drug-likeness (QED) is 0.235. The van der Waals surface area contributed by atoms with Crippen molar-refractivity contribution in [1.29, 1.82) is 0 Å². The van der Waals surface area contributed by atoms with Gasteiger partial charge in [0.25, 0.3) is 0 Å². The van der Waals surface area contributed by atoms with Crippen molar-refractivity contribution >= 4 is 28.9 Å². The van der Waals surface area contributed by atoms with E-state index >= 15 is 0 Å². The minimum absolute atomic E-state index is 0.228. The Kier molecular flexibility index (Phi) is 12.5. The van der Waals surface area contributed by atoms with Crippen LogP contribution >= 0.6 is 11.6 Å². The molecule has 0 aliphatic rings. The number of carbonyl (C=O) groups is 1. The molecule has 0 saturated carbocycles. The van der Waals surface area contributed by atoms with Crippen molar-refractivity contribution in [2.75, 3.05) is 57.7 Å². The van der Waals surface area contributed by atoms with Crippen molar-refractivity contribution in [3.8, 4) is 5.75 Å². The van der Waals surface area contributed by atoms with Crippen LogP contribution in [-0.2, 0) is 11.2 Å². The largest absolute Gasteiger partial charge is 0.496 e. The van der Waals surface area contributed by atoms with Gasteiger partial charge >= 0.3 is 6.18 Å². The van der Waals surface area contributed by atoms with Crippen LogP contribution in [0.2, 0.25) is 0 Å². The number of methoxy groups -OCH3 is 1. The Labute approximate surface area is 205 Å². The van der Waals surface area contributed by atoms with Gasteiger partial charge in [0.05, 0.1) is 37.8 Å². The maximum atomic E-state index is 12.9. The van der Waals surface area contributed by atoms with Crippen molar-refractivity contribution in [2.24, 2.45) is 5.10 Å². The summed E-state index contributed by atoms with van der Waals surface area (Å²) in [5, 5.41) is 15.2. The first-order valence-electron chi connectivity index (χ1n) is 11.3. The lowest BCUT2D eigenvalue weighted by Gasteiger charge is -2.34. The van der Waals surface area contributed by atoms with E-state index in [1.165, 1.54) is 9.91 Å². The van der Waals surface area contributed by atoms with Gasteiger partial charge in [-0.25, -0.2) is 0 Å². The number of ether oxygens (including phenoxy) is 1. The molecular formula is C23H36ClF3N4O3. The first-order valence-corrected chi connectivity index (χ1v) is 11.8. The maximum Gasteiger partial charge on any atom is 0.394 e.